The molecule has 4 bridgehead atoms. The van der Waals surface area contributed by atoms with Gasteiger partial charge in [-0.3, -0.25) is 4.79 Å². The monoisotopic (exact) mass is 290 g/mol. The Balaban J connectivity index is 1.52. The molecule has 5 rings (SSSR count). The van der Waals surface area contributed by atoms with E-state index in [4.69, 9.17) is 5.73 Å². The van der Waals surface area contributed by atoms with Crippen LogP contribution in [0.25, 0.3) is 0 Å². The van der Waals surface area contributed by atoms with Gasteiger partial charge in [-0.15, -0.1) is 0 Å². The Hall–Kier alpha value is -0.570. The lowest BCUT2D eigenvalue weighted by Gasteiger charge is -2.56. The Morgan fingerprint density at radius 1 is 0.952 bits per heavy atom. The molecule has 0 aliphatic heterocycles. The largest absolute Gasteiger partial charge is 0.349 e. The molecule has 5 fully saturated rings. The molecule has 21 heavy (non-hydrogen) atoms. The van der Waals surface area contributed by atoms with Crippen molar-refractivity contribution in [2.45, 2.75) is 76.2 Å². The van der Waals surface area contributed by atoms with Gasteiger partial charge in [-0.2, -0.15) is 0 Å². The summed E-state index contributed by atoms with van der Waals surface area (Å²) in [5, 5.41) is 3.48. The van der Waals surface area contributed by atoms with E-state index in [9.17, 15) is 4.79 Å². The predicted molar refractivity (Wildman–Crippen MR) is 83.6 cm³/mol. The van der Waals surface area contributed by atoms with E-state index in [1.807, 2.05) is 0 Å². The minimum Gasteiger partial charge on any atom is -0.349 e. The van der Waals surface area contributed by atoms with Gasteiger partial charge in [0.05, 0.1) is 5.54 Å². The van der Waals surface area contributed by atoms with Gasteiger partial charge in [0.2, 0.25) is 5.91 Å². The normalized spacial score (nSPS) is 43.8. The van der Waals surface area contributed by atoms with E-state index in [1.54, 1.807) is 0 Å². The average molecular weight is 290 g/mol. The van der Waals surface area contributed by atoms with E-state index in [0.717, 1.165) is 49.9 Å². The first-order chi connectivity index (χ1) is 10.1. The summed E-state index contributed by atoms with van der Waals surface area (Å²) in [4.78, 5) is 13.2. The number of amides is 1. The quantitative estimate of drug-likeness (QED) is 0.839. The lowest BCUT2D eigenvalue weighted by Crippen LogP contribution is -2.61. The number of rotatable bonds is 3. The Kier molecular flexibility index (Phi) is 3.33. The summed E-state index contributed by atoms with van der Waals surface area (Å²) in [6.07, 6.45) is 13.6. The fraction of sp³-hybridized carbons (Fsp3) is 0.944. The van der Waals surface area contributed by atoms with Gasteiger partial charge in [0, 0.05) is 12.0 Å². The Morgan fingerprint density at radius 2 is 1.48 bits per heavy atom. The van der Waals surface area contributed by atoms with E-state index in [1.165, 1.54) is 38.5 Å². The summed E-state index contributed by atoms with van der Waals surface area (Å²) in [5.74, 6) is 2.88. The van der Waals surface area contributed by atoms with Crippen LogP contribution in [-0.2, 0) is 4.79 Å². The number of nitrogens with two attached hydrogens (primary N) is 1. The van der Waals surface area contributed by atoms with Crippen molar-refractivity contribution in [3.8, 4) is 0 Å². The van der Waals surface area contributed by atoms with E-state index in [-0.39, 0.29) is 11.0 Å². The molecule has 0 radical (unpaired) electrons. The molecule has 1 amide bonds. The SMILES string of the molecule is NCC1(NC(=O)C23CC4CC(CC(C4)C2)C3)CCCCC1. The van der Waals surface area contributed by atoms with Gasteiger partial charge in [-0.1, -0.05) is 19.3 Å². The summed E-state index contributed by atoms with van der Waals surface area (Å²) < 4.78 is 0. The average Bonchev–Trinajstić information content (AvgIpc) is 2.47. The summed E-state index contributed by atoms with van der Waals surface area (Å²) in [7, 11) is 0. The molecule has 0 aromatic heterocycles. The lowest BCUT2D eigenvalue weighted by molar-refractivity contribution is -0.148. The van der Waals surface area contributed by atoms with Crippen LogP contribution in [-0.4, -0.2) is 18.0 Å². The topological polar surface area (TPSA) is 55.1 Å². The van der Waals surface area contributed by atoms with Gasteiger partial charge < -0.3 is 11.1 Å². The van der Waals surface area contributed by atoms with Gasteiger partial charge in [-0.25, -0.2) is 0 Å². The predicted octanol–water partition coefficient (Wildman–Crippen LogP) is 2.98. The molecule has 0 aromatic carbocycles. The van der Waals surface area contributed by atoms with Crippen LogP contribution in [0.2, 0.25) is 0 Å². The van der Waals surface area contributed by atoms with Crippen molar-refractivity contribution in [3.63, 3.8) is 0 Å². The number of hydrogen-bond donors (Lipinski definition) is 2. The second kappa shape index (κ2) is 4.97. The van der Waals surface area contributed by atoms with Crippen LogP contribution in [0.15, 0.2) is 0 Å². The minimum absolute atomic E-state index is 0.0195. The first kappa shape index (κ1) is 14.0. The Morgan fingerprint density at radius 3 is 1.95 bits per heavy atom. The van der Waals surface area contributed by atoms with Crippen molar-refractivity contribution >= 4 is 5.91 Å². The van der Waals surface area contributed by atoms with Crippen molar-refractivity contribution < 1.29 is 4.79 Å². The van der Waals surface area contributed by atoms with Gasteiger partial charge in [-0.05, 0) is 69.1 Å². The maximum Gasteiger partial charge on any atom is 0.226 e. The Bertz CT molecular complexity index is 390. The zero-order valence-corrected chi connectivity index (χ0v) is 13.2. The number of carbonyl (C=O) groups is 1. The van der Waals surface area contributed by atoms with Crippen molar-refractivity contribution in [2.24, 2.45) is 28.9 Å². The molecule has 0 spiro atoms. The highest BCUT2D eigenvalue weighted by Crippen LogP contribution is 2.60. The van der Waals surface area contributed by atoms with Crippen LogP contribution in [0, 0.1) is 23.2 Å². The molecule has 0 atom stereocenters. The first-order valence-electron chi connectivity index (χ1n) is 9.16. The molecule has 0 saturated heterocycles. The second-order valence-electron chi connectivity index (χ2n) is 8.70. The highest BCUT2D eigenvalue weighted by molar-refractivity contribution is 5.84. The van der Waals surface area contributed by atoms with E-state index in [0.29, 0.717) is 12.5 Å². The molecule has 5 aliphatic rings. The zero-order chi connectivity index (χ0) is 14.5. The number of hydrogen-bond acceptors (Lipinski definition) is 2. The zero-order valence-electron chi connectivity index (χ0n) is 13.2. The third-order valence-electron chi connectivity index (χ3n) is 7.10. The molecule has 0 unspecified atom stereocenters. The molecule has 3 N–H and O–H groups in total. The summed E-state index contributed by atoms with van der Waals surface area (Å²) in [6, 6.07) is 0. The molecule has 118 valence electrons. The maximum atomic E-state index is 13.2. The van der Waals surface area contributed by atoms with Crippen molar-refractivity contribution in [1.29, 1.82) is 0 Å². The Labute approximate surface area is 128 Å². The second-order valence-corrected chi connectivity index (χ2v) is 8.70. The lowest BCUT2D eigenvalue weighted by atomic mass is 9.49. The maximum absolute atomic E-state index is 13.2. The third-order valence-corrected chi connectivity index (χ3v) is 7.10. The van der Waals surface area contributed by atoms with Gasteiger partial charge >= 0.3 is 0 Å². The van der Waals surface area contributed by atoms with Crippen molar-refractivity contribution in [1.82, 2.24) is 5.32 Å². The molecule has 3 heteroatoms. The summed E-state index contributed by atoms with van der Waals surface area (Å²) in [6.45, 7) is 0.616. The van der Waals surface area contributed by atoms with E-state index in [2.05, 4.69) is 5.32 Å². The van der Waals surface area contributed by atoms with Gasteiger partial charge in [0.15, 0.2) is 0 Å². The van der Waals surface area contributed by atoms with Gasteiger partial charge in [0.1, 0.15) is 0 Å². The standard InChI is InChI=1S/C18H30N2O/c19-12-18(4-2-1-3-5-18)20-16(21)17-9-13-6-14(10-17)8-15(7-13)11-17/h13-15H,1-12,19H2,(H,20,21). The van der Waals surface area contributed by atoms with Crippen LogP contribution in [0.1, 0.15) is 70.6 Å². The summed E-state index contributed by atoms with van der Waals surface area (Å²) >= 11 is 0. The van der Waals surface area contributed by atoms with Gasteiger partial charge in [0.25, 0.3) is 0 Å². The molecule has 3 nitrogen and oxygen atoms in total. The third kappa shape index (κ3) is 2.32. The van der Waals surface area contributed by atoms with Crippen LogP contribution in [0.5, 0.6) is 0 Å². The number of nitrogens with one attached hydrogen (secondary N) is 1. The first-order valence-corrected chi connectivity index (χ1v) is 9.16. The highest BCUT2D eigenvalue weighted by Gasteiger charge is 2.55. The molecular formula is C18H30N2O. The summed E-state index contributed by atoms with van der Waals surface area (Å²) in [5.41, 5.74) is 5.96. The number of carbonyl (C=O) groups excluding carboxylic acids is 1. The molecular weight excluding hydrogens is 260 g/mol. The molecule has 0 aromatic rings. The van der Waals surface area contributed by atoms with E-state index < -0.39 is 0 Å². The van der Waals surface area contributed by atoms with Crippen LogP contribution < -0.4 is 11.1 Å². The van der Waals surface area contributed by atoms with Crippen LogP contribution in [0.4, 0.5) is 0 Å². The smallest absolute Gasteiger partial charge is 0.226 e. The molecule has 5 saturated carbocycles. The van der Waals surface area contributed by atoms with Crippen LogP contribution in [0.3, 0.4) is 0 Å². The van der Waals surface area contributed by atoms with E-state index >= 15 is 0 Å². The van der Waals surface area contributed by atoms with Crippen molar-refractivity contribution in [3.05, 3.63) is 0 Å². The van der Waals surface area contributed by atoms with Crippen LogP contribution >= 0.6 is 0 Å². The fourth-order valence-electron chi connectivity index (χ4n) is 6.37. The minimum atomic E-state index is -0.0847. The molecule has 5 aliphatic carbocycles. The molecule has 0 heterocycles. The fourth-order valence-corrected chi connectivity index (χ4v) is 6.37. The highest BCUT2D eigenvalue weighted by atomic mass is 16.2. The van der Waals surface area contributed by atoms with Crippen molar-refractivity contribution in [2.75, 3.05) is 6.54 Å².